The molecule has 1 saturated heterocycles. The average molecular weight is 507 g/mol. The Kier molecular flexibility index (Phi) is 8.58. The van der Waals surface area contributed by atoms with Crippen LogP contribution in [0.4, 0.5) is 4.79 Å². The summed E-state index contributed by atoms with van der Waals surface area (Å²) in [6.07, 6.45) is 2.06. The van der Waals surface area contributed by atoms with Crippen LogP contribution >= 0.6 is 0 Å². The normalized spacial score (nSPS) is 14.4. The van der Waals surface area contributed by atoms with Crippen molar-refractivity contribution in [2.75, 3.05) is 39.9 Å². The summed E-state index contributed by atoms with van der Waals surface area (Å²) in [6, 6.07) is 19.0. The SMILES string of the molecule is COCCC(C)(C)OC(=O)c1ccn(C(=O)N2CCN(Cc3cccc(Oc4ccccc4)c3)CC2)n1. The number of aromatic nitrogens is 2. The summed E-state index contributed by atoms with van der Waals surface area (Å²) in [5, 5.41) is 4.17. The minimum Gasteiger partial charge on any atom is -0.457 e. The highest BCUT2D eigenvalue weighted by atomic mass is 16.6. The summed E-state index contributed by atoms with van der Waals surface area (Å²) >= 11 is 0. The number of para-hydroxylation sites is 1. The van der Waals surface area contributed by atoms with E-state index >= 15 is 0 Å². The second kappa shape index (κ2) is 12.0. The Hall–Kier alpha value is -3.69. The number of carbonyl (C=O) groups excluding carboxylic acids is 2. The number of rotatable bonds is 9. The van der Waals surface area contributed by atoms with Crippen molar-refractivity contribution < 1.29 is 23.8 Å². The van der Waals surface area contributed by atoms with Crippen LogP contribution in [0.3, 0.4) is 0 Å². The standard InChI is InChI=1S/C28H34N4O5/c1-28(2,13-19-35-3)37-26(33)25-12-14-32(29-25)27(34)31-17-15-30(16-18-31)21-22-8-7-11-24(20-22)36-23-9-5-4-6-10-23/h4-12,14,20H,13,15-19,21H2,1-3H3. The topological polar surface area (TPSA) is 86.1 Å². The van der Waals surface area contributed by atoms with Gasteiger partial charge in [-0.15, -0.1) is 0 Å². The van der Waals surface area contributed by atoms with Crippen molar-refractivity contribution >= 4 is 12.0 Å². The molecule has 0 aliphatic carbocycles. The van der Waals surface area contributed by atoms with Crippen molar-refractivity contribution in [2.24, 2.45) is 0 Å². The van der Waals surface area contributed by atoms with Gasteiger partial charge >= 0.3 is 12.0 Å². The summed E-state index contributed by atoms with van der Waals surface area (Å²) in [4.78, 5) is 29.5. The van der Waals surface area contributed by atoms with Crippen LogP contribution in [-0.2, 0) is 16.0 Å². The molecule has 0 N–H and O–H groups in total. The quantitative estimate of drug-likeness (QED) is 0.397. The number of amides is 1. The maximum Gasteiger partial charge on any atom is 0.359 e. The van der Waals surface area contributed by atoms with E-state index in [0.717, 1.165) is 36.7 Å². The smallest absolute Gasteiger partial charge is 0.359 e. The molecule has 0 saturated carbocycles. The van der Waals surface area contributed by atoms with E-state index in [1.54, 1.807) is 12.0 Å². The number of methoxy groups -OCH3 is 1. The number of hydrogen-bond donors (Lipinski definition) is 0. The van der Waals surface area contributed by atoms with E-state index < -0.39 is 11.6 Å². The molecule has 1 aliphatic rings. The number of hydrogen-bond acceptors (Lipinski definition) is 7. The molecule has 0 radical (unpaired) electrons. The summed E-state index contributed by atoms with van der Waals surface area (Å²) in [6.45, 7) is 7.50. The summed E-state index contributed by atoms with van der Waals surface area (Å²) in [5.74, 6) is 1.04. The number of benzene rings is 2. The molecule has 1 aliphatic heterocycles. The number of carbonyl (C=O) groups is 2. The first kappa shape index (κ1) is 26.4. The fourth-order valence-electron chi connectivity index (χ4n) is 4.07. The highest BCUT2D eigenvalue weighted by Gasteiger charge is 2.27. The Balaban J connectivity index is 1.27. The summed E-state index contributed by atoms with van der Waals surface area (Å²) in [5.41, 5.74) is 0.566. The molecule has 9 nitrogen and oxygen atoms in total. The molecular formula is C28H34N4O5. The average Bonchev–Trinajstić information content (AvgIpc) is 3.39. The van der Waals surface area contributed by atoms with Crippen molar-refractivity contribution in [3.8, 4) is 11.5 Å². The van der Waals surface area contributed by atoms with Crippen LogP contribution in [0.15, 0.2) is 66.9 Å². The molecule has 0 spiro atoms. The van der Waals surface area contributed by atoms with Crippen LogP contribution < -0.4 is 4.74 Å². The second-order valence-corrected chi connectivity index (χ2v) is 9.65. The molecule has 1 fully saturated rings. The predicted octanol–water partition coefficient (Wildman–Crippen LogP) is 4.43. The van der Waals surface area contributed by atoms with E-state index in [0.29, 0.717) is 26.1 Å². The van der Waals surface area contributed by atoms with E-state index in [2.05, 4.69) is 16.1 Å². The van der Waals surface area contributed by atoms with Crippen LogP contribution in [0, 0.1) is 0 Å². The van der Waals surface area contributed by atoms with Gasteiger partial charge < -0.3 is 19.1 Å². The van der Waals surface area contributed by atoms with Gasteiger partial charge in [-0.3, -0.25) is 4.90 Å². The fraction of sp³-hybridized carbons (Fsp3) is 0.393. The van der Waals surface area contributed by atoms with Gasteiger partial charge in [-0.1, -0.05) is 30.3 Å². The van der Waals surface area contributed by atoms with Crippen LogP contribution in [0.2, 0.25) is 0 Å². The molecule has 0 bridgehead atoms. The third-order valence-electron chi connectivity index (χ3n) is 6.20. The van der Waals surface area contributed by atoms with E-state index in [4.69, 9.17) is 14.2 Å². The second-order valence-electron chi connectivity index (χ2n) is 9.65. The van der Waals surface area contributed by atoms with Gasteiger partial charge in [0.1, 0.15) is 17.1 Å². The Morgan fingerprint density at radius 2 is 1.68 bits per heavy atom. The molecule has 37 heavy (non-hydrogen) atoms. The van der Waals surface area contributed by atoms with Crippen LogP contribution in [-0.4, -0.2) is 77.1 Å². The number of nitrogens with zero attached hydrogens (tertiary/aromatic N) is 4. The number of piperazine rings is 1. The van der Waals surface area contributed by atoms with E-state index in [9.17, 15) is 9.59 Å². The lowest BCUT2D eigenvalue weighted by atomic mass is 10.1. The molecule has 0 unspecified atom stereocenters. The first-order valence-electron chi connectivity index (χ1n) is 12.4. The summed E-state index contributed by atoms with van der Waals surface area (Å²) < 4.78 is 17.8. The number of esters is 1. The minimum atomic E-state index is -0.690. The first-order valence-corrected chi connectivity index (χ1v) is 12.4. The molecule has 1 aromatic heterocycles. The molecule has 2 aromatic carbocycles. The lowest BCUT2D eigenvalue weighted by Crippen LogP contribution is -2.49. The van der Waals surface area contributed by atoms with Gasteiger partial charge in [0.25, 0.3) is 0 Å². The third-order valence-corrected chi connectivity index (χ3v) is 6.20. The lowest BCUT2D eigenvalue weighted by Gasteiger charge is -2.34. The molecule has 0 atom stereocenters. The van der Waals surface area contributed by atoms with E-state index in [-0.39, 0.29) is 11.7 Å². The molecule has 196 valence electrons. The Morgan fingerprint density at radius 3 is 2.41 bits per heavy atom. The maximum atomic E-state index is 13.0. The van der Waals surface area contributed by atoms with Crippen molar-refractivity contribution in [1.82, 2.24) is 19.6 Å². The van der Waals surface area contributed by atoms with Gasteiger partial charge in [-0.05, 0) is 49.7 Å². The Labute approximate surface area is 217 Å². The highest BCUT2D eigenvalue weighted by molar-refractivity contribution is 5.88. The fourth-order valence-corrected chi connectivity index (χ4v) is 4.07. The monoisotopic (exact) mass is 506 g/mol. The van der Waals surface area contributed by atoms with Gasteiger partial charge in [0.2, 0.25) is 0 Å². The molecule has 9 heteroatoms. The largest absolute Gasteiger partial charge is 0.457 e. The van der Waals surface area contributed by atoms with Gasteiger partial charge in [0.05, 0.1) is 0 Å². The van der Waals surface area contributed by atoms with Crippen LogP contribution in [0.25, 0.3) is 0 Å². The predicted molar refractivity (Wildman–Crippen MR) is 139 cm³/mol. The van der Waals surface area contributed by atoms with E-state index in [1.165, 1.54) is 16.9 Å². The molecule has 1 amide bonds. The van der Waals surface area contributed by atoms with Crippen molar-refractivity contribution in [3.63, 3.8) is 0 Å². The summed E-state index contributed by atoms with van der Waals surface area (Å²) in [7, 11) is 1.60. The minimum absolute atomic E-state index is 0.107. The Morgan fingerprint density at radius 1 is 0.946 bits per heavy atom. The van der Waals surface area contributed by atoms with Gasteiger partial charge in [-0.2, -0.15) is 9.78 Å². The van der Waals surface area contributed by atoms with Crippen LogP contribution in [0.1, 0.15) is 36.3 Å². The number of ether oxygens (including phenoxy) is 3. The third kappa shape index (κ3) is 7.41. The lowest BCUT2D eigenvalue weighted by molar-refractivity contribution is -0.0144. The molecule has 2 heterocycles. The van der Waals surface area contributed by atoms with E-state index in [1.807, 2.05) is 62.4 Å². The maximum absolute atomic E-state index is 13.0. The van der Waals surface area contributed by atoms with Crippen molar-refractivity contribution in [1.29, 1.82) is 0 Å². The van der Waals surface area contributed by atoms with Gasteiger partial charge in [0, 0.05) is 59.1 Å². The Bertz CT molecular complexity index is 1190. The first-order chi connectivity index (χ1) is 17.8. The molecule has 4 rings (SSSR count). The zero-order chi connectivity index (χ0) is 26.3. The zero-order valence-corrected chi connectivity index (χ0v) is 21.6. The van der Waals surface area contributed by atoms with Crippen LogP contribution in [0.5, 0.6) is 11.5 Å². The van der Waals surface area contributed by atoms with Crippen molar-refractivity contribution in [3.05, 3.63) is 78.1 Å². The highest BCUT2D eigenvalue weighted by Crippen LogP contribution is 2.23. The van der Waals surface area contributed by atoms with Gasteiger partial charge in [-0.25, -0.2) is 9.59 Å². The molecule has 3 aromatic rings. The zero-order valence-electron chi connectivity index (χ0n) is 21.6. The van der Waals surface area contributed by atoms with Gasteiger partial charge in [0.15, 0.2) is 5.69 Å². The molecular weight excluding hydrogens is 472 g/mol. The van der Waals surface area contributed by atoms with Crippen molar-refractivity contribution in [2.45, 2.75) is 32.4 Å².